The molecule has 0 fully saturated rings. The Hall–Kier alpha value is -1.30. The number of likely N-dealkylation sites (N-methyl/N-ethyl adjacent to an activating group) is 1. The molecule has 0 saturated carbocycles. The highest BCUT2D eigenvalue weighted by molar-refractivity contribution is 9.10. The number of hydrogen-bond donors (Lipinski definition) is 1. The largest absolute Gasteiger partial charge is 0.396 e. The fourth-order valence-corrected chi connectivity index (χ4v) is 1.90. The van der Waals surface area contributed by atoms with Gasteiger partial charge in [0.1, 0.15) is 0 Å². The van der Waals surface area contributed by atoms with Crippen molar-refractivity contribution in [3.05, 3.63) is 16.7 Å². The quantitative estimate of drug-likeness (QED) is 0.899. The summed E-state index contributed by atoms with van der Waals surface area (Å²) in [7, 11) is 3.48. The molecule has 0 radical (unpaired) electrons. The first-order chi connectivity index (χ1) is 8.45. The number of carbonyl (C=O) groups excluding carboxylic acids is 1. The molecule has 0 bridgehead atoms. The maximum absolute atomic E-state index is 11.8. The number of carbonyl (C=O) groups is 1. The third kappa shape index (κ3) is 3.87. The molecule has 18 heavy (non-hydrogen) atoms. The van der Waals surface area contributed by atoms with Crippen molar-refractivity contribution in [2.75, 3.05) is 37.8 Å². The highest BCUT2D eigenvalue weighted by atomic mass is 79.9. The van der Waals surface area contributed by atoms with E-state index in [0.717, 1.165) is 17.4 Å². The SMILES string of the molecule is CCCN(CC(=O)N(C)C)c1ncc(Br)cc1N. The number of halogens is 1. The molecule has 0 aromatic carbocycles. The standard InChI is InChI=1S/C12H19BrN4O/c1-4-5-17(8-11(18)16(2)3)12-10(14)6-9(13)7-15-12/h6-7H,4-5,8,14H2,1-3H3. The first-order valence-corrected chi connectivity index (χ1v) is 6.61. The van der Waals surface area contributed by atoms with E-state index in [9.17, 15) is 4.79 Å². The zero-order valence-corrected chi connectivity index (χ0v) is 12.6. The summed E-state index contributed by atoms with van der Waals surface area (Å²) >= 11 is 3.32. The average molecular weight is 315 g/mol. The van der Waals surface area contributed by atoms with Crippen molar-refractivity contribution in [1.82, 2.24) is 9.88 Å². The summed E-state index contributed by atoms with van der Waals surface area (Å²) in [5.41, 5.74) is 6.52. The first-order valence-electron chi connectivity index (χ1n) is 5.81. The van der Waals surface area contributed by atoms with E-state index < -0.39 is 0 Å². The molecule has 0 spiro atoms. The van der Waals surface area contributed by atoms with Crippen molar-refractivity contribution in [3.8, 4) is 0 Å². The Bertz CT molecular complexity index is 423. The lowest BCUT2D eigenvalue weighted by Gasteiger charge is -2.25. The summed E-state index contributed by atoms with van der Waals surface area (Å²) in [6.07, 6.45) is 2.62. The molecule has 1 aromatic rings. The topological polar surface area (TPSA) is 62.5 Å². The number of aromatic nitrogens is 1. The van der Waals surface area contributed by atoms with Gasteiger partial charge >= 0.3 is 0 Å². The van der Waals surface area contributed by atoms with Gasteiger partial charge in [0.2, 0.25) is 5.91 Å². The van der Waals surface area contributed by atoms with Crippen LogP contribution in [0.2, 0.25) is 0 Å². The van der Waals surface area contributed by atoms with Crippen LogP contribution in [-0.2, 0) is 4.79 Å². The Morgan fingerprint density at radius 3 is 2.67 bits per heavy atom. The number of nitrogens with two attached hydrogens (primary N) is 1. The predicted octanol–water partition coefficient (Wildman–Crippen LogP) is 1.73. The Labute approximate surface area is 116 Å². The Kier molecular flexibility index (Phi) is 5.40. The van der Waals surface area contributed by atoms with Gasteiger partial charge in [0.25, 0.3) is 0 Å². The lowest BCUT2D eigenvalue weighted by atomic mass is 10.3. The molecule has 1 heterocycles. The molecular formula is C12H19BrN4O. The van der Waals surface area contributed by atoms with E-state index in [1.807, 2.05) is 4.90 Å². The number of pyridine rings is 1. The molecule has 6 heteroatoms. The van der Waals surface area contributed by atoms with E-state index in [-0.39, 0.29) is 5.91 Å². The minimum absolute atomic E-state index is 0.0348. The van der Waals surface area contributed by atoms with Gasteiger partial charge in [-0.3, -0.25) is 4.79 Å². The van der Waals surface area contributed by atoms with Gasteiger partial charge in [-0.15, -0.1) is 0 Å². The minimum Gasteiger partial charge on any atom is -0.396 e. The summed E-state index contributed by atoms with van der Waals surface area (Å²) in [6.45, 7) is 3.10. The van der Waals surface area contributed by atoms with Crippen molar-refractivity contribution >= 4 is 33.3 Å². The molecule has 1 aromatic heterocycles. The normalized spacial score (nSPS) is 10.2. The Balaban J connectivity index is 2.93. The van der Waals surface area contributed by atoms with Gasteiger partial charge in [-0.05, 0) is 28.4 Å². The second-order valence-electron chi connectivity index (χ2n) is 4.28. The predicted molar refractivity (Wildman–Crippen MR) is 77.5 cm³/mol. The van der Waals surface area contributed by atoms with Crippen LogP contribution in [0.15, 0.2) is 16.7 Å². The number of nitrogen functional groups attached to an aromatic ring is 1. The van der Waals surface area contributed by atoms with Crippen LogP contribution in [0.1, 0.15) is 13.3 Å². The van der Waals surface area contributed by atoms with E-state index >= 15 is 0 Å². The summed E-state index contributed by atoms with van der Waals surface area (Å²) in [4.78, 5) is 19.6. The van der Waals surface area contributed by atoms with Crippen LogP contribution in [0.25, 0.3) is 0 Å². The van der Waals surface area contributed by atoms with Crippen molar-refractivity contribution in [2.24, 2.45) is 0 Å². The molecule has 5 nitrogen and oxygen atoms in total. The molecule has 0 aliphatic carbocycles. The molecule has 1 amide bonds. The van der Waals surface area contributed by atoms with Crippen molar-refractivity contribution in [2.45, 2.75) is 13.3 Å². The fraction of sp³-hybridized carbons (Fsp3) is 0.500. The van der Waals surface area contributed by atoms with E-state index in [1.54, 1.807) is 31.3 Å². The van der Waals surface area contributed by atoms with Gasteiger partial charge < -0.3 is 15.5 Å². The number of amides is 1. The zero-order valence-electron chi connectivity index (χ0n) is 11.0. The second-order valence-corrected chi connectivity index (χ2v) is 5.19. The van der Waals surface area contributed by atoms with Crippen molar-refractivity contribution in [1.29, 1.82) is 0 Å². The molecule has 1 rings (SSSR count). The third-order valence-electron chi connectivity index (χ3n) is 2.48. The summed E-state index contributed by atoms with van der Waals surface area (Å²) in [5, 5.41) is 0. The highest BCUT2D eigenvalue weighted by Crippen LogP contribution is 2.23. The summed E-state index contributed by atoms with van der Waals surface area (Å²) in [6, 6.07) is 1.80. The lowest BCUT2D eigenvalue weighted by Crippen LogP contribution is -2.37. The van der Waals surface area contributed by atoms with E-state index in [4.69, 9.17) is 5.73 Å². The molecular weight excluding hydrogens is 296 g/mol. The molecule has 0 saturated heterocycles. The maximum atomic E-state index is 11.8. The molecule has 0 atom stereocenters. The van der Waals surface area contributed by atoms with Crippen LogP contribution in [0.4, 0.5) is 11.5 Å². The van der Waals surface area contributed by atoms with Gasteiger partial charge in [-0.2, -0.15) is 0 Å². The molecule has 100 valence electrons. The van der Waals surface area contributed by atoms with Crippen LogP contribution in [0.5, 0.6) is 0 Å². The monoisotopic (exact) mass is 314 g/mol. The smallest absolute Gasteiger partial charge is 0.241 e. The van der Waals surface area contributed by atoms with Crippen LogP contribution in [0, 0.1) is 0 Å². The van der Waals surface area contributed by atoms with E-state index in [1.165, 1.54) is 0 Å². The molecule has 0 aliphatic rings. The fourth-order valence-electron chi connectivity index (χ4n) is 1.55. The van der Waals surface area contributed by atoms with Crippen LogP contribution >= 0.6 is 15.9 Å². The lowest BCUT2D eigenvalue weighted by molar-refractivity contribution is -0.127. The number of anilines is 2. The van der Waals surface area contributed by atoms with Gasteiger partial charge in [-0.25, -0.2) is 4.98 Å². The van der Waals surface area contributed by atoms with Gasteiger partial charge in [-0.1, -0.05) is 6.92 Å². The van der Waals surface area contributed by atoms with Crippen LogP contribution in [0.3, 0.4) is 0 Å². The van der Waals surface area contributed by atoms with E-state index in [2.05, 4.69) is 27.8 Å². The molecule has 2 N–H and O–H groups in total. The Morgan fingerprint density at radius 2 is 2.17 bits per heavy atom. The third-order valence-corrected chi connectivity index (χ3v) is 2.91. The highest BCUT2D eigenvalue weighted by Gasteiger charge is 2.15. The second kappa shape index (κ2) is 6.58. The van der Waals surface area contributed by atoms with Crippen LogP contribution in [-0.4, -0.2) is 43.0 Å². The Morgan fingerprint density at radius 1 is 1.50 bits per heavy atom. The summed E-state index contributed by atoms with van der Waals surface area (Å²) in [5.74, 6) is 0.697. The van der Waals surface area contributed by atoms with Gasteiger partial charge in [0, 0.05) is 31.3 Å². The van der Waals surface area contributed by atoms with Crippen LogP contribution < -0.4 is 10.6 Å². The zero-order chi connectivity index (χ0) is 13.7. The maximum Gasteiger partial charge on any atom is 0.241 e. The first kappa shape index (κ1) is 14.8. The average Bonchev–Trinajstić information content (AvgIpc) is 2.28. The van der Waals surface area contributed by atoms with E-state index in [0.29, 0.717) is 18.1 Å². The number of rotatable bonds is 5. The number of hydrogen-bond acceptors (Lipinski definition) is 4. The van der Waals surface area contributed by atoms with Crippen molar-refractivity contribution < 1.29 is 4.79 Å². The van der Waals surface area contributed by atoms with Gasteiger partial charge in [0.15, 0.2) is 5.82 Å². The molecule has 0 aliphatic heterocycles. The van der Waals surface area contributed by atoms with Gasteiger partial charge in [0.05, 0.1) is 12.2 Å². The number of nitrogens with zero attached hydrogens (tertiary/aromatic N) is 3. The summed E-state index contributed by atoms with van der Waals surface area (Å²) < 4.78 is 0.833. The minimum atomic E-state index is 0.0348. The van der Waals surface area contributed by atoms with Crippen molar-refractivity contribution in [3.63, 3.8) is 0 Å². The molecule has 0 unspecified atom stereocenters.